The van der Waals surface area contributed by atoms with Crippen LogP contribution in [-0.4, -0.2) is 23.5 Å². The van der Waals surface area contributed by atoms with Crippen LogP contribution in [0.25, 0.3) is 10.8 Å². The molecule has 2 unspecified atom stereocenters. The first kappa shape index (κ1) is 13.6. The molecule has 0 amide bonds. The van der Waals surface area contributed by atoms with Crippen molar-refractivity contribution in [3.8, 4) is 0 Å². The van der Waals surface area contributed by atoms with Crippen LogP contribution in [0.4, 0.5) is 0 Å². The molecule has 20 heavy (non-hydrogen) atoms. The molecule has 0 aliphatic carbocycles. The third-order valence-corrected chi connectivity index (χ3v) is 4.65. The van der Waals surface area contributed by atoms with Crippen LogP contribution in [0.2, 0.25) is 0 Å². The number of likely N-dealkylation sites (tertiary alicyclic amines) is 1. The van der Waals surface area contributed by atoms with Gasteiger partial charge in [0.05, 0.1) is 0 Å². The minimum Gasteiger partial charge on any atom is -0.329 e. The number of fused-ring (bicyclic) bond motifs is 1. The predicted octanol–water partition coefficient (Wildman–Crippen LogP) is 3.54. The van der Waals surface area contributed by atoms with Crippen molar-refractivity contribution >= 4 is 10.8 Å². The van der Waals surface area contributed by atoms with Gasteiger partial charge in [0.15, 0.2) is 0 Å². The molecule has 1 aliphatic heterocycles. The first-order valence-corrected chi connectivity index (χ1v) is 7.71. The number of nitrogens with two attached hydrogens (primary N) is 1. The van der Waals surface area contributed by atoms with Gasteiger partial charge in [-0.2, -0.15) is 0 Å². The van der Waals surface area contributed by atoms with Gasteiger partial charge >= 0.3 is 0 Å². The van der Waals surface area contributed by atoms with Crippen LogP contribution >= 0.6 is 0 Å². The Morgan fingerprint density at radius 3 is 2.70 bits per heavy atom. The summed E-state index contributed by atoms with van der Waals surface area (Å²) in [6.07, 6.45) is 3.86. The molecule has 2 N–H and O–H groups in total. The van der Waals surface area contributed by atoms with Crippen LogP contribution in [0.1, 0.15) is 31.7 Å². The van der Waals surface area contributed by atoms with Crippen molar-refractivity contribution in [1.29, 1.82) is 0 Å². The molecule has 2 atom stereocenters. The van der Waals surface area contributed by atoms with E-state index in [1.54, 1.807) is 0 Å². The Labute approximate surface area is 121 Å². The third-order valence-electron chi connectivity index (χ3n) is 4.65. The summed E-state index contributed by atoms with van der Waals surface area (Å²) in [5.74, 6) is 0. The van der Waals surface area contributed by atoms with Crippen LogP contribution in [-0.2, 0) is 6.54 Å². The molecule has 1 fully saturated rings. The van der Waals surface area contributed by atoms with Crippen molar-refractivity contribution in [2.45, 2.75) is 44.8 Å². The van der Waals surface area contributed by atoms with E-state index >= 15 is 0 Å². The molecular formula is C18H24N2. The summed E-state index contributed by atoms with van der Waals surface area (Å²) in [6.45, 7) is 4.13. The Morgan fingerprint density at radius 2 is 1.90 bits per heavy atom. The number of benzene rings is 2. The summed E-state index contributed by atoms with van der Waals surface area (Å²) in [6, 6.07) is 16.6. The van der Waals surface area contributed by atoms with Gasteiger partial charge in [0.1, 0.15) is 0 Å². The van der Waals surface area contributed by atoms with Crippen LogP contribution in [0.3, 0.4) is 0 Å². The molecule has 2 aromatic carbocycles. The summed E-state index contributed by atoms with van der Waals surface area (Å²) in [7, 11) is 0. The van der Waals surface area contributed by atoms with Crippen molar-refractivity contribution in [2.75, 3.05) is 6.54 Å². The lowest BCUT2D eigenvalue weighted by Crippen LogP contribution is -2.48. The summed E-state index contributed by atoms with van der Waals surface area (Å²) in [5, 5.41) is 2.65. The lowest BCUT2D eigenvalue weighted by Gasteiger charge is -2.40. The Kier molecular flexibility index (Phi) is 4.04. The molecule has 0 aromatic heterocycles. The Morgan fingerprint density at radius 1 is 1.10 bits per heavy atom. The van der Waals surface area contributed by atoms with Crippen LogP contribution in [0.5, 0.6) is 0 Å². The monoisotopic (exact) mass is 268 g/mol. The van der Waals surface area contributed by atoms with E-state index in [9.17, 15) is 0 Å². The van der Waals surface area contributed by atoms with E-state index in [4.69, 9.17) is 5.73 Å². The average Bonchev–Trinajstić information content (AvgIpc) is 2.49. The van der Waals surface area contributed by atoms with E-state index in [-0.39, 0.29) is 0 Å². The fourth-order valence-electron chi connectivity index (χ4n) is 3.43. The molecule has 0 bridgehead atoms. The second kappa shape index (κ2) is 5.94. The zero-order chi connectivity index (χ0) is 13.9. The van der Waals surface area contributed by atoms with E-state index in [2.05, 4.69) is 54.3 Å². The van der Waals surface area contributed by atoms with E-state index in [0.717, 1.165) is 13.1 Å². The maximum atomic E-state index is 5.96. The molecule has 1 saturated heterocycles. The van der Waals surface area contributed by atoms with E-state index in [1.807, 2.05) is 0 Å². The zero-order valence-corrected chi connectivity index (χ0v) is 12.3. The van der Waals surface area contributed by atoms with Crippen molar-refractivity contribution in [3.63, 3.8) is 0 Å². The van der Waals surface area contributed by atoms with Crippen LogP contribution in [0, 0.1) is 0 Å². The minimum absolute atomic E-state index is 0.547. The summed E-state index contributed by atoms with van der Waals surface area (Å²) < 4.78 is 0. The van der Waals surface area contributed by atoms with Crippen molar-refractivity contribution in [1.82, 2.24) is 4.90 Å². The molecule has 2 aromatic rings. The highest BCUT2D eigenvalue weighted by Crippen LogP contribution is 2.25. The maximum Gasteiger partial charge on any atom is 0.0240 e. The quantitative estimate of drug-likeness (QED) is 0.922. The van der Waals surface area contributed by atoms with Gasteiger partial charge in [0.25, 0.3) is 0 Å². The molecule has 106 valence electrons. The topological polar surface area (TPSA) is 29.3 Å². The molecule has 0 radical (unpaired) electrons. The lowest BCUT2D eigenvalue weighted by molar-refractivity contribution is 0.0893. The van der Waals surface area contributed by atoms with E-state index in [0.29, 0.717) is 12.1 Å². The van der Waals surface area contributed by atoms with Crippen molar-refractivity contribution in [3.05, 3.63) is 48.0 Å². The average molecular weight is 268 g/mol. The first-order valence-electron chi connectivity index (χ1n) is 7.71. The minimum atomic E-state index is 0.547. The van der Waals surface area contributed by atoms with Gasteiger partial charge in [0, 0.05) is 25.2 Å². The zero-order valence-electron chi connectivity index (χ0n) is 12.3. The molecule has 3 rings (SSSR count). The van der Waals surface area contributed by atoms with Crippen molar-refractivity contribution < 1.29 is 0 Å². The lowest BCUT2D eigenvalue weighted by atomic mass is 9.95. The van der Waals surface area contributed by atoms with Crippen LogP contribution < -0.4 is 5.73 Å². The van der Waals surface area contributed by atoms with E-state index in [1.165, 1.54) is 35.6 Å². The van der Waals surface area contributed by atoms with Gasteiger partial charge in [0.2, 0.25) is 0 Å². The summed E-state index contributed by atoms with van der Waals surface area (Å²) in [4.78, 5) is 2.59. The molecule has 1 heterocycles. The van der Waals surface area contributed by atoms with Crippen molar-refractivity contribution in [2.24, 2.45) is 5.73 Å². The predicted molar refractivity (Wildman–Crippen MR) is 85.6 cm³/mol. The number of hydrogen-bond acceptors (Lipinski definition) is 2. The Hall–Kier alpha value is -1.38. The van der Waals surface area contributed by atoms with Gasteiger partial charge in [-0.05, 0) is 42.2 Å². The highest BCUT2D eigenvalue weighted by atomic mass is 15.2. The van der Waals surface area contributed by atoms with Gasteiger partial charge < -0.3 is 5.73 Å². The number of nitrogens with zero attached hydrogens (tertiary/aromatic N) is 1. The SMILES string of the molecule is CC1CCCC(CN)N1Cc1ccc2ccccc2c1. The van der Waals surface area contributed by atoms with Gasteiger partial charge in [-0.25, -0.2) is 0 Å². The van der Waals surface area contributed by atoms with Gasteiger partial charge in [-0.1, -0.05) is 42.8 Å². The van der Waals surface area contributed by atoms with Crippen LogP contribution in [0.15, 0.2) is 42.5 Å². The molecule has 2 nitrogen and oxygen atoms in total. The molecule has 2 heteroatoms. The molecule has 0 spiro atoms. The van der Waals surface area contributed by atoms with E-state index < -0.39 is 0 Å². The number of piperidine rings is 1. The van der Waals surface area contributed by atoms with Gasteiger partial charge in [-0.3, -0.25) is 4.90 Å². The second-order valence-electron chi connectivity index (χ2n) is 6.02. The summed E-state index contributed by atoms with van der Waals surface area (Å²) in [5.41, 5.74) is 7.36. The highest BCUT2D eigenvalue weighted by Gasteiger charge is 2.26. The highest BCUT2D eigenvalue weighted by molar-refractivity contribution is 5.82. The maximum absolute atomic E-state index is 5.96. The fourth-order valence-corrected chi connectivity index (χ4v) is 3.43. The molecule has 0 saturated carbocycles. The standard InChI is InChI=1S/C18H24N2/c1-14-5-4-8-18(12-19)20(14)13-15-9-10-16-6-2-3-7-17(16)11-15/h2-3,6-7,9-11,14,18H,4-5,8,12-13,19H2,1H3. The molecular weight excluding hydrogens is 244 g/mol. The normalized spacial score (nSPS) is 24.1. The number of hydrogen-bond donors (Lipinski definition) is 1. The molecule has 1 aliphatic rings. The van der Waals surface area contributed by atoms with Gasteiger partial charge in [-0.15, -0.1) is 0 Å². The largest absolute Gasteiger partial charge is 0.329 e. The Bertz CT molecular complexity index is 578. The second-order valence-corrected chi connectivity index (χ2v) is 6.02. The Balaban J connectivity index is 1.83. The third kappa shape index (κ3) is 2.72. The summed E-state index contributed by atoms with van der Waals surface area (Å²) >= 11 is 0. The number of rotatable bonds is 3. The fraction of sp³-hybridized carbons (Fsp3) is 0.444. The smallest absolute Gasteiger partial charge is 0.0240 e. The first-order chi connectivity index (χ1) is 9.78.